The van der Waals surface area contributed by atoms with Crippen LogP contribution in [0.5, 0.6) is 17.2 Å². The number of phenols is 1. The van der Waals surface area contributed by atoms with E-state index < -0.39 is 5.60 Å². The lowest BCUT2D eigenvalue weighted by molar-refractivity contribution is -0.120. The number of aliphatic hydroxyl groups is 1. The SMILES string of the molecule is O=COc1cccc(O)c1OCC1OC1CN1CCC(O)(c2ccccc2)CC1. The highest BCUT2D eigenvalue weighted by Gasteiger charge is 2.42. The van der Waals surface area contributed by atoms with Gasteiger partial charge in [0.2, 0.25) is 5.75 Å². The summed E-state index contributed by atoms with van der Waals surface area (Å²) in [5.74, 6) is 0.228. The van der Waals surface area contributed by atoms with Gasteiger partial charge in [0, 0.05) is 19.6 Å². The number of hydrogen-bond acceptors (Lipinski definition) is 7. The van der Waals surface area contributed by atoms with E-state index in [1.807, 2.05) is 30.3 Å². The monoisotopic (exact) mass is 399 g/mol. The summed E-state index contributed by atoms with van der Waals surface area (Å²) in [4.78, 5) is 12.9. The first-order valence-corrected chi connectivity index (χ1v) is 9.80. The minimum Gasteiger partial charge on any atom is -0.504 e. The number of carbonyl (C=O) groups excluding carboxylic acids is 1. The molecule has 2 aliphatic heterocycles. The number of para-hydroxylation sites is 1. The zero-order chi connectivity index (χ0) is 20.3. The molecular formula is C22H25NO6. The number of ether oxygens (including phenoxy) is 3. The Morgan fingerprint density at radius 1 is 1.10 bits per heavy atom. The van der Waals surface area contributed by atoms with Gasteiger partial charge < -0.3 is 29.3 Å². The zero-order valence-corrected chi connectivity index (χ0v) is 16.1. The Hall–Kier alpha value is -2.61. The summed E-state index contributed by atoms with van der Waals surface area (Å²) in [7, 11) is 0. The Morgan fingerprint density at radius 3 is 2.59 bits per heavy atom. The second kappa shape index (κ2) is 8.41. The van der Waals surface area contributed by atoms with Crippen LogP contribution in [0.4, 0.5) is 0 Å². The highest BCUT2D eigenvalue weighted by Crippen LogP contribution is 2.38. The van der Waals surface area contributed by atoms with E-state index in [2.05, 4.69) is 4.90 Å². The Morgan fingerprint density at radius 2 is 1.86 bits per heavy atom. The molecule has 2 aromatic carbocycles. The lowest BCUT2D eigenvalue weighted by Gasteiger charge is -2.38. The third-order valence-electron chi connectivity index (χ3n) is 5.65. The number of likely N-dealkylation sites (tertiary alicyclic amines) is 1. The quantitative estimate of drug-likeness (QED) is 0.519. The van der Waals surface area contributed by atoms with Crippen LogP contribution in [0.2, 0.25) is 0 Å². The predicted molar refractivity (Wildman–Crippen MR) is 105 cm³/mol. The molecule has 2 N–H and O–H groups in total. The molecule has 29 heavy (non-hydrogen) atoms. The molecule has 2 unspecified atom stereocenters. The molecule has 0 spiro atoms. The number of aromatic hydroxyl groups is 1. The molecule has 2 heterocycles. The number of piperidine rings is 1. The first-order chi connectivity index (χ1) is 14.1. The highest BCUT2D eigenvalue weighted by molar-refractivity contribution is 5.56. The number of phenolic OH excluding ortho intramolecular Hbond substituents is 1. The molecule has 2 aliphatic rings. The van der Waals surface area contributed by atoms with Crippen molar-refractivity contribution in [1.29, 1.82) is 0 Å². The van der Waals surface area contributed by atoms with E-state index in [1.165, 1.54) is 6.07 Å². The van der Waals surface area contributed by atoms with Crippen LogP contribution in [0.25, 0.3) is 0 Å². The van der Waals surface area contributed by atoms with Crippen molar-refractivity contribution in [3.8, 4) is 17.2 Å². The molecule has 7 heteroatoms. The number of nitrogens with zero attached hydrogens (tertiary/aromatic N) is 1. The van der Waals surface area contributed by atoms with Gasteiger partial charge in [0.25, 0.3) is 6.47 Å². The summed E-state index contributed by atoms with van der Waals surface area (Å²) in [5, 5.41) is 20.9. The second-order valence-electron chi connectivity index (χ2n) is 7.54. The van der Waals surface area contributed by atoms with Crippen LogP contribution in [0.15, 0.2) is 48.5 Å². The standard InChI is InChI=1S/C22H25NO6/c24-15-28-18-8-4-7-17(25)21(18)27-14-20-19(29-20)13-23-11-9-22(26,10-12-23)16-5-2-1-3-6-16/h1-8,15,19-20,25-26H,9-14H2. The highest BCUT2D eigenvalue weighted by atomic mass is 16.6. The summed E-state index contributed by atoms with van der Waals surface area (Å²) in [6, 6.07) is 14.4. The summed E-state index contributed by atoms with van der Waals surface area (Å²) in [5.41, 5.74) is 0.217. The lowest BCUT2D eigenvalue weighted by Crippen LogP contribution is -2.44. The molecule has 2 atom stereocenters. The molecule has 7 nitrogen and oxygen atoms in total. The first kappa shape index (κ1) is 19.7. The summed E-state index contributed by atoms with van der Waals surface area (Å²) >= 11 is 0. The maximum Gasteiger partial charge on any atom is 0.298 e. The smallest absolute Gasteiger partial charge is 0.298 e. The van der Waals surface area contributed by atoms with Crippen molar-refractivity contribution < 1.29 is 29.2 Å². The molecule has 0 bridgehead atoms. The summed E-state index contributed by atoms with van der Waals surface area (Å²) < 4.78 is 16.2. The van der Waals surface area contributed by atoms with E-state index in [-0.39, 0.29) is 36.1 Å². The molecule has 4 rings (SSSR count). The largest absolute Gasteiger partial charge is 0.504 e. The van der Waals surface area contributed by atoms with Crippen molar-refractivity contribution in [2.45, 2.75) is 30.7 Å². The number of hydrogen-bond donors (Lipinski definition) is 2. The number of benzene rings is 2. The van der Waals surface area contributed by atoms with Crippen LogP contribution >= 0.6 is 0 Å². The Balaban J connectivity index is 1.24. The van der Waals surface area contributed by atoms with E-state index in [4.69, 9.17) is 14.2 Å². The molecule has 2 saturated heterocycles. The summed E-state index contributed by atoms with van der Waals surface area (Å²) in [6.07, 6.45) is 1.36. The number of carbonyl (C=O) groups is 1. The molecule has 0 saturated carbocycles. The van der Waals surface area contributed by atoms with Crippen molar-refractivity contribution in [1.82, 2.24) is 4.90 Å². The van der Waals surface area contributed by atoms with Crippen LogP contribution in [0.1, 0.15) is 18.4 Å². The van der Waals surface area contributed by atoms with Crippen molar-refractivity contribution in [3.05, 3.63) is 54.1 Å². The average Bonchev–Trinajstić information content (AvgIpc) is 3.48. The molecule has 0 aromatic heterocycles. The van der Waals surface area contributed by atoms with E-state index >= 15 is 0 Å². The van der Waals surface area contributed by atoms with E-state index in [1.54, 1.807) is 12.1 Å². The minimum atomic E-state index is -0.759. The van der Waals surface area contributed by atoms with Crippen LogP contribution < -0.4 is 9.47 Å². The lowest BCUT2D eigenvalue weighted by atomic mass is 9.84. The van der Waals surface area contributed by atoms with Crippen molar-refractivity contribution in [2.75, 3.05) is 26.2 Å². The van der Waals surface area contributed by atoms with E-state index in [0.717, 1.165) is 25.2 Å². The van der Waals surface area contributed by atoms with Gasteiger partial charge in [0.05, 0.1) is 5.60 Å². The fourth-order valence-corrected chi connectivity index (χ4v) is 3.84. The zero-order valence-electron chi connectivity index (χ0n) is 16.1. The van der Waals surface area contributed by atoms with Crippen LogP contribution in [-0.4, -0.2) is 60.0 Å². The van der Waals surface area contributed by atoms with Gasteiger partial charge in [-0.25, -0.2) is 0 Å². The molecule has 0 amide bonds. The number of rotatable bonds is 8. The Kier molecular flexibility index (Phi) is 5.71. The fraction of sp³-hybridized carbons (Fsp3) is 0.409. The Bertz CT molecular complexity index is 834. The average molecular weight is 399 g/mol. The van der Waals surface area contributed by atoms with Gasteiger partial charge in [0.15, 0.2) is 11.5 Å². The van der Waals surface area contributed by atoms with Crippen molar-refractivity contribution in [2.24, 2.45) is 0 Å². The van der Waals surface area contributed by atoms with Gasteiger partial charge in [-0.2, -0.15) is 0 Å². The van der Waals surface area contributed by atoms with E-state index in [9.17, 15) is 15.0 Å². The molecule has 154 valence electrons. The molecule has 2 fully saturated rings. The van der Waals surface area contributed by atoms with Gasteiger partial charge in [-0.3, -0.25) is 4.79 Å². The van der Waals surface area contributed by atoms with Gasteiger partial charge in [-0.15, -0.1) is 0 Å². The number of epoxide rings is 1. The molecule has 2 aromatic rings. The van der Waals surface area contributed by atoms with Gasteiger partial charge in [0.1, 0.15) is 18.8 Å². The summed E-state index contributed by atoms with van der Waals surface area (Å²) in [6.45, 7) is 2.94. The molecule has 0 radical (unpaired) electrons. The second-order valence-corrected chi connectivity index (χ2v) is 7.54. The molecular weight excluding hydrogens is 374 g/mol. The minimum absolute atomic E-state index is 0.0548. The first-order valence-electron chi connectivity index (χ1n) is 9.80. The Labute approximate surface area is 169 Å². The van der Waals surface area contributed by atoms with Crippen LogP contribution in [0, 0.1) is 0 Å². The molecule has 0 aliphatic carbocycles. The predicted octanol–water partition coefficient (Wildman–Crippen LogP) is 2.06. The third-order valence-corrected chi connectivity index (χ3v) is 5.65. The topological polar surface area (TPSA) is 91.8 Å². The maximum atomic E-state index is 10.9. The van der Waals surface area contributed by atoms with Gasteiger partial charge in [-0.05, 0) is 30.5 Å². The van der Waals surface area contributed by atoms with Gasteiger partial charge >= 0.3 is 0 Å². The van der Waals surface area contributed by atoms with Crippen LogP contribution in [0.3, 0.4) is 0 Å². The normalized spacial score (nSPS) is 23.3. The van der Waals surface area contributed by atoms with Crippen molar-refractivity contribution in [3.63, 3.8) is 0 Å². The van der Waals surface area contributed by atoms with Crippen molar-refractivity contribution >= 4 is 6.47 Å². The fourth-order valence-electron chi connectivity index (χ4n) is 3.84. The van der Waals surface area contributed by atoms with Crippen LogP contribution in [-0.2, 0) is 15.1 Å². The van der Waals surface area contributed by atoms with Gasteiger partial charge in [-0.1, -0.05) is 36.4 Å². The van der Waals surface area contributed by atoms with E-state index in [0.29, 0.717) is 19.3 Å². The maximum absolute atomic E-state index is 10.9. The third kappa shape index (κ3) is 4.53.